The van der Waals surface area contributed by atoms with E-state index in [9.17, 15) is 0 Å². The van der Waals surface area contributed by atoms with Crippen molar-refractivity contribution in [3.8, 4) is 0 Å². The van der Waals surface area contributed by atoms with Crippen LogP contribution in [0.15, 0.2) is 16.8 Å². The molecule has 0 bridgehead atoms. The molecule has 0 spiro atoms. The van der Waals surface area contributed by atoms with Crippen molar-refractivity contribution in [2.24, 2.45) is 5.10 Å². The predicted molar refractivity (Wildman–Crippen MR) is 52.9 cm³/mol. The van der Waals surface area contributed by atoms with Gasteiger partial charge in [0.15, 0.2) is 0 Å². The molecular formula is C9H20N2. The molecule has 2 nitrogen and oxygen atoms in total. The monoisotopic (exact) mass is 156 g/mol. The second-order valence-electron chi connectivity index (χ2n) is 1.57. The van der Waals surface area contributed by atoms with Crippen molar-refractivity contribution in [2.45, 2.75) is 34.6 Å². The molecule has 1 aliphatic heterocycles. The average Bonchev–Trinajstić information content (AvgIpc) is 2.13. The average molecular weight is 156 g/mol. The van der Waals surface area contributed by atoms with E-state index in [4.69, 9.17) is 0 Å². The zero-order valence-electron chi connectivity index (χ0n) is 8.31. The number of nitrogens with one attached hydrogen (secondary N) is 1. The van der Waals surface area contributed by atoms with Crippen molar-refractivity contribution in [2.75, 3.05) is 6.54 Å². The highest BCUT2D eigenvalue weighted by Gasteiger charge is 1.85. The van der Waals surface area contributed by atoms with Gasteiger partial charge in [0.25, 0.3) is 0 Å². The van der Waals surface area contributed by atoms with Crippen LogP contribution in [-0.2, 0) is 0 Å². The van der Waals surface area contributed by atoms with Crippen LogP contribution in [0.3, 0.4) is 0 Å². The molecular weight excluding hydrogens is 136 g/mol. The number of hydrogen-bond donors (Lipinski definition) is 1. The maximum absolute atomic E-state index is 3.81. The zero-order chi connectivity index (χ0) is 9.11. The molecule has 0 saturated heterocycles. The van der Waals surface area contributed by atoms with Gasteiger partial charge in [-0.05, 0) is 12.5 Å². The lowest BCUT2D eigenvalue weighted by Crippen LogP contribution is -2.09. The van der Waals surface area contributed by atoms with E-state index in [0.717, 1.165) is 6.54 Å². The summed E-state index contributed by atoms with van der Waals surface area (Å²) in [6.45, 7) is 10.9. The topological polar surface area (TPSA) is 24.4 Å². The first-order valence-corrected chi connectivity index (χ1v) is 4.32. The van der Waals surface area contributed by atoms with E-state index in [1.807, 2.05) is 40.8 Å². The molecule has 0 radical (unpaired) electrons. The molecule has 0 aliphatic carbocycles. The molecule has 1 rings (SSSR count). The van der Waals surface area contributed by atoms with Crippen molar-refractivity contribution in [1.29, 1.82) is 0 Å². The van der Waals surface area contributed by atoms with E-state index < -0.39 is 0 Å². The van der Waals surface area contributed by atoms with Gasteiger partial charge in [-0.3, -0.25) is 0 Å². The van der Waals surface area contributed by atoms with E-state index in [-0.39, 0.29) is 0 Å². The Balaban J connectivity index is 0. The summed E-state index contributed by atoms with van der Waals surface area (Å²) in [5.74, 6) is 0. The number of hydrogen-bond acceptors (Lipinski definition) is 2. The molecule has 11 heavy (non-hydrogen) atoms. The first-order chi connectivity index (χ1) is 5.39. The van der Waals surface area contributed by atoms with Crippen molar-refractivity contribution < 1.29 is 0 Å². The SMILES string of the molecule is CC.CC.CC1=CCNN=C1. The first-order valence-electron chi connectivity index (χ1n) is 4.32. The Hall–Kier alpha value is -0.790. The van der Waals surface area contributed by atoms with Gasteiger partial charge in [0, 0.05) is 6.21 Å². The molecule has 0 amide bonds. The van der Waals surface area contributed by atoms with E-state index in [1.54, 1.807) is 0 Å². The molecule has 0 atom stereocenters. The van der Waals surface area contributed by atoms with E-state index >= 15 is 0 Å². The Morgan fingerprint density at radius 3 is 2.00 bits per heavy atom. The fraction of sp³-hybridized carbons (Fsp3) is 0.667. The van der Waals surface area contributed by atoms with Gasteiger partial charge in [0.2, 0.25) is 0 Å². The summed E-state index contributed by atoms with van der Waals surface area (Å²) in [4.78, 5) is 0. The zero-order valence-corrected chi connectivity index (χ0v) is 8.31. The Labute approximate surface area is 70.4 Å². The van der Waals surface area contributed by atoms with Crippen LogP contribution in [0.25, 0.3) is 0 Å². The predicted octanol–water partition coefficient (Wildman–Crippen LogP) is 2.57. The molecule has 2 heteroatoms. The third-order valence-corrected chi connectivity index (χ3v) is 0.875. The fourth-order valence-electron chi connectivity index (χ4n) is 0.460. The quantitative estimate of drug-likeness (QED) is 0.572. The second-order valence-corrected chi connectivity index (χ2v) is 1.57. The minimum Gasteiger partial charge on any atom is -0.306 e. The normalized spacial score (nSPS) is 12.6. The van der Waals surface area contributed by atoms with Crippen LogP contribution in [-0.4, -0.2) is 12.8 Å². The smallest absolute Gasteiger partial charge is 0.0516 e. The van der Waals surface area contributed by atoms with Gasteiger partial charge >= 0.3 is 0 Å². The number of nitrogens with zero attached hydrogens (tertiary/aromatic N) is 1. The Morgan fingerprint density at radius 2 is 1.82 bits per heavy atom. The van der Waals surface area contributed by atoms with Crippen LogP contribution in [0.4, 0.5) is 0 Å². The molecule has 1 N–H and O–H groups in total. The molecule has 0 fully saturated rings. The second kappa shape index (κ2) is 11.9. The van der Waals surface area contributed by atoms with E-state index in [0.29, 0.717) is 0 Å². The third kappa shape index (κ3) is 9.21. The van der Waals surface area contributed by atoms with Crippen molar-refractivity contribution in [3.63, 3.8) is 0 Å². The van der Waals surface area contributed by atoms with Crippen LogP contribution >= 0.6 is 0 Å². The van der Waals surface area contributed by atoms with Crippen LogP contribution in [0, 0.1) is 0 Å². The van der Waals surface area contributed by atoms with Gasteiger partial charge in [-0.2, -0.15) is 5.10 Å². The lowest BCUT2D eigenvalue weighted by Gasteiger charge is -1.99. The lowest BCUT2D eigenvalue weighted by molar-refractivity contribution is 0.817. The standard InChI is InChI=1S/C5H8N2.2C2H6/c1-5-2-3-6-7-4-5;2*1-2/h2,4,6H,3H2,1H3;2*1-2H3. The van der Waals surface area contributed by atoms with Gasteiger partial charge in [-0.1, -0.05) is 33.8 Å². The molecule has 0 aromatic carbocycles. The van der Waals surface area contributed by atoms with Crippen LogP contribution in [0.1, 0.15) is 34.6 Å². The summed E-state index contributed by atoms with van der Waals surface area (Å²) < 4.78 is 0. The van der Waals surface area contributed by atoms with Gasteiger partial charge in [0.1, 0.15) is 0 Å². The van der Waals surface area contributed by atoms with Crippen molar-refractivity contribution in [3.05, 3.63) is 11.6 Å². The number of hydrazone groups is 1. The minimum atomic E-state index is 0.877. The molecule has 1 heterocycles. The van der Waals surface area contributed by atoms with Crippen LogP contribution < -0.4 is 5.43 Å². The molecule has 0 unspecified atom stereocenters. The lowest BCUT2D eigenvalue weighted by atomic mass is 10.3. The molecule has 0 aromatic rings. The van der Waals surface area contributed by atoms with E-state index in [1.165, 1.54) is 5.57 Å². The number of allylic oxidation sites excluding steroid dienone is 1. The van der Waals surface area contributed by atoms with Gasteiger partial charge in [-0.25, -0.2) is 0 Å². The largest absolute Gasteiger partial charge is 0.306 e. The highest BCUT2D eigenvalue weighted by atomic mass is 15.3. The Kier molecular flexibility index (Phi) is 13.9. The van der Waals surface area contributed by atoms with E-state index in [2.05, 4.69) is 16.6 Å². The third-order valence-electron chi connectivity index (χ3n) is 0.875. The minimum absolute atomic E-state index is 0.877. The molecule has 0 saturated carbocycles. The molecule has 1 aliphatic rings. The summed E-state index contributed by atoms with van der Waals surface area (Å²) in [5.41, 5.74) is 4.04. The van der Waals surface area contributed by atoms with Gasteiger partial charge < -0.3 is 5.43 Å². The maximum atomic E-state index is 3.81. The summed E-state index contributed by atoms with van der Waals surface area (Å²) in [6.07, 6.45) is 3.90. The molecule has 66 valence electrons. The van der Waals surface area contributed by atoms with Crippen molar-refractivity contribution >= 4 is 6.21 Å². The van der Waals surface area contributed by atoms with Crippen molar-refractivity contribution in [1.82, 2.24) is 5.43 Å². The maximum Gasteiger partial charge on any atom is 0.0516 e. The van der Waals surface area contributed by atoms with Gasteiger partial charge in [-0.15, -0.1) is 0 Å². The fourth-order valence-corrected chi connectivity index (χ4v) is 0.460. The summed E-state index contributed by atoms with van der Waals surface area (Å²) in [6, 6.07) is 0. The summed E-state index contributed by atoms with van der Waals surface area (Å²) in [5, 5.41) is 3.81. The highest BCUT2D eigenvalue weighted by molar-refractivity contribution is 5.78. The van der Waals surface area contributed by atoms with Crippen LogP contribution in [0.5, 0.6) is 0 Å². The first kappa shape index (κ1) is 12.8. The Morgan fingerprint density at radius 1 is 1.27 bits per heavy atom. The Bertz CT molecular complexity index is 115. The van der Waals surface area contributed by atoms with Crippen LogP contribution in [0.2, 0.25) is 0 Å². The number of rotatable bonds is 0. The summed E-state index contributed by atoms with van der Waals surface area (Å²) in [7, 11) is 0. The van der Waals surface area contributed by atoms with Gasteiger partial charge in [0.05, 0.1) is 6.54 Å². The highest BCUT2D eigenvalue weighted by Crippen LogP contribution is 1.88. The molecule has 0 aromatic heterocycles. The summed E-state index contributed by atoms with van der Waals surface area (Å²) >= 11 is 0.